The number of rotatable bonds is 6. The summed E-state index contributed by atoms with van der Waals surface area (Å²) in [6, 6.07) is 18.3. The van der Waals surface area contributed by atoms with Crippen LogP contribution in [0.1, 0.15) is 16.1 Å². The van der Waals surface area contributed by atoms with Crippen molar-refractivity contribution in [3.63, 3.8) is 0 Å². The molecule has 0 aliphatic heterocycles. The molecule has 2 aromatic heterocycles. The van der Waals surface area contributed by atoms with E-state index in [0.29, 0.717) is 17.3 Å². The number of carbonyl (C=O) groups is 1. The number of amides is 1. The van der Waals surface area contributed by atoms with Crippen molar-refractivity contribution in [2.45, 2.75) is 6.54 Å². The fourth-order valence-electron chi connectivity index (χ4n) is 2.97. The van der Waals surface area contributed by atoms with Crippen LogP contribution in [0.2, 0.25) is 5.02 Å². The Morgan fingerprint density at radius 2 is 1.87 bits per heavy atom. The van der Waals surface area contributed by atoms with Gasteiger partial charge in [0.2, 0.25) is 0 Å². The largest absolute Gasteiger partial charge is 0.497 e. The molecular weight excluding hydrogens is 402 g/mol. The van der Waals surface area contributed by atoms with E-state index in [4.69, 9.17) is 16.3 Å². The van der Waals surface area contributed by atoms with Gasteiger partial charge in [0, 0.05) is 29.5 Å². The third-order valence-electron chi connectivity index (χ3n) is 4.50. The van der Waals surface area contributed by atoms with Crippen LogP contribution in [-0.2, 0) is 6.54 Å². The van der Waals surface area contributed by atoms with Gasteiger partial charge in [-0.15, -0.1) is 5.10 Å². The third kappa shape index (κ3) is 4.16. The standard InChI is InChI=1S/C22H18ClN5O2/c1-30-19-10-4-15(5-11-19)13-25-22(29)20-21(16-3-2-12-24-14-16)28(27-26-20)18-8-6-17(23)7-9-18/h2-12,14H,13H2,1H3,(H,25,29). The number of hydrogen-bond donors (Lipinski definition) is 1. The molecule has 0 atom stereocenters. The second kappa shape index (κ2) is 8.75. The number of pyridine rings is 1. The third-order valence-corrected chi connectivity index (χ3v) is 4.76. The van der Waals surface area contributed by atoms with Crippen LogP contribution in [0.15, 0.2) is 73.1 Å². The first-order chi connectivity index (χ1) is 14.7. The number of hydrogen-bond acceptors (Lipinski definition) is 5. The molecule has 0 aliphatic rings. The lowest BCUT2D eigenvalue weighted by Gasteiger charge is -2.09. The van der Waals surface area contributed by atoms with Crippen LogP contribution in [0.5, 0.6) is 5.75 Å². The molecule has 0 aliphatic carbocycles. The lowest BCUT2D eigenvalue weighted by molar-refractivity contribution is 0.0946. The summed E-state index contributed by atoms with van der Waals surface area (Å²) in [4.78, 5) is 17.1. The SMILES string of the molecule is COc1ccc(CNC(=O)c2nnn(-c3ccc(Cl)cc3)c2-c2cccnc2)cc1. The Morgan fingerprint density at radius 1 is 1.10 bits per heavy atom. The van der Waals surface area contributed by atoms with Crippen molar-refractivity contribution in [3.8, 4) is 22.7 Å². The zero-order valence-corrected chi connectivity index (χ0v) is 16.9. The van der Waals surface area contributed by atoms with Crippen molar-refractivity contribution in [2.24, 2.45) is 0 Å². The van der Waals surface area contributed by atoms with E-state index in [0.717, 1.165) is 22.6 Å². The summed E-state index contributed by atoms with van der Waals surface area (Å²) in [7, 11) is 1.61. The molecule has 4 aromatic rings. The molecule has 30 heavy (non-hydrogen) atoms. The first kappa shape index (κ1) is 19.6. The summed E-state index contributed by atoms with van der Waals surface area (Å²) in [5.41, 5.74) is 3.17. The van der Waals surface area contributed by atoms with Gasteiger partial charge in [-0.25, -0.2) is 4.68 Å². The minimum atomic E-state index is -0.329. The van der Waals surface area contributed by atoms with Crippen molar-refractivity contribution in [1.29, 1.82) is 0 Å². The highest BCUT2D eigenvalue weighted by Crippen LogP contribution is 2.25. The normalized spacial score (nSPS) is 10.6. The van der Waals surface area contributed by atoms with Crippen LogP contribution < -0.4 is 10.1 Å². The fourth-order valence-corrected chi connectivity index (χ4v) is 3.10. The lowest BCUT2D eigenvalue weighted by Crippen LogP contribution is -2.24. The van der Waals surface area contributed by atoms with E-state index in [-0.39, 0.29) is 11.6 Å². The van der Waals surface area contributed by atoms with E-state index >= 15 is 0 Å². The van der Waals surface area contributed by atoms with Gasteiger partial charge in [-0.3, -0.25) is 9.78 Å². The van der Waals surface area contributed by atoms with Gasteiger partial charge in [-0.05, 0) is 54.1 Å². The van der Waals surface area contributed by atoms with Gasteiger partial charge < -0.3 is 10.1 Å². The van der Waals surface area contributed by atoms with Crippen molar-refractivity contribution in [3.05, 3.63) is 89.3 Å². The summed E-state index contributed by atoms with van der Waals surface area (Å²) >= 11 is 6.00. The van der Waals surface area contributed by atoms with Gasteiger partial charge in [0.15, 0.2) is 5.69 Å². The molecule has 0 bridgehead atoms. The number of benzene rings is 2. The van der Waals surface area contributed by atoms with Crippen molar-refractivity contribution in [2.75, 3.05) is 7.11 Å². The molecule has 150 valence electrons. The summed E-state index contributed by atoms with van der Waals surface area (Å²) in [5, 5.41) is 11.9. The Balaban J connectivity index is 1.65. The average molecular weight is 420 g/mol. The van der Waals surface area contributed by atoms with Crippen molar-refractivity contribution >= 4 is 17.5 Å². The number of aromatic nitrogens is 4. The quantitative estimate of drug-likeness (QED) is 0.512. The minimum absolute atomic E-state index is 0.214. The predicted octanol–water partition coefficient (Wildman–Crippen LogP) is 3.92. The van der Waals surface area contributed by atoms with E-state index in [1.807, 2.05) is 42.5 Å². The highest BCUT2D eigenvalue weighted by atomic mass is 35.5. The molecule has 0 saturated carbocycles. The van der Waals surface area contributed by atoms with Gasteiger partial charge in [-0.2, -0.15) is 0 Å². The fraction of sp³-hybridized carbons (Fsp3) is 0.0909. The van der Waals surface area contributed by atoms with Crippen LogP contribution in [-0.4, -0.2) is 33.0 Å². The molecule has 0 fully saturated rings. The number of ether oxygens (including phenoxy) is 1. The molecule has 4 rings (SSSR count). The van der Waals surface area contributed by atoms with Crippen LogP contribution >= 0.6 is 11.6 Å². The lowest BCUT2D eigenvalue weighted by atomic mass is 10.1. The average Bonchev–Trinajstić information content (AvgIpc) is 3.24. The van der Waals surface area contributed by atoms with Crippen LogP contribution in [0.25, 0.3) is 16.9 Å². The summed E-state index contributed by atoms with van der Waals surface area (Å²) < 4.78 is 6.77. The van der Waals surface area contributed by atoms with E-state index in [1.54, 1.807) is 42.4 Å². The minimum Gasteiger partial charge on any atom is -0.497 e. The molecule has 1 N–H and O–H groups in total. The van der Waals surface area contributed by atoms with Crippen LogP contribution in [0, 0.1) is 0 Å². The van der Waals surface area contributed by atoms with Crippen molar-refractivity contribution in [1.82, 2.24) is 25.3 Å². The molecule has 2 heterocycles. The summed E-state index contributed by atoms with van der Waals surface area (Å²) in [6.07, 6.45) is 3.34. The van der Waals surface area contributed by atoms with Gasteiger partial charge in [0.05, 0.1) is 12.8 Å². The predicted molar refractivity (Wildman–Crippen MR) is 114 cm³/mol. The molecule has 0 saturated heterocycles. The van der Waals surface area contributed by atoms with Crippen LogP contribution in [0.4, 0.5) is 0 Å². The van der Waals surface area contributed by atoms with Gasteiger partial charge in [0.25, 0.3) is 5.91 Å². The van der Waals surface area contributed by atoms with Crippen LogP contribution in [0.3, 0.4) is 0 Å². The van der Waals surface area contributed by atoms with E-state index in [9.17, 15) is 4.79 Å². The Morgan fingerprint density at radius 3 is 2.53 bits per heavy atom. The van der Waals surface area contributed by atoms with Gasteiger partial charge in [-0.1, -0.05) is 28.9 Å². The first-order valence-corrected chi connectivity index (χ1v) is 9.56. The van der Waals surface area contributed by atoms with E-state index in [1.165, 1.54) is 0 Å². The van der Waals surface area contributed by atoms with Gasteiger partial charge >= 0.3 is 0 Å². The number of halogens is 1. The summed E-state index contributed by atoms with van der Waals surface area (Å²) in [6.45, 7) is 0.350. The molecular formula is C22H18ClN5O2. The second-order valence-corrected chi connectivity index (χ2v) is 6.88. The molecule has 0 spiro atoms. The zero-order valence-electron chi connectivity index (χ0n) is 16.1. The maximum absolute atomic E-state index is 12.9. The number of methoxy groups -OCH3 is 1. The highest BCUT2D eigenvalue weighted by Gasteiger charge is 2.22. The monoisotopic (exact) mass is 419 g/mol. The topological polar surface area (TPSA) is 81.9 Å². The number of carbonyl (C=O) groups excluding carboxylic acids is 1. The maximum atomic E-state index is 12.9. The molecule has 2 aromatic carbocycles. The van der Waals surface area contributed by atoms with Gasteiger partial charge in [0.1, 0.15) is 11.4 Å². The van der Waals surface area contributed by atoms with E-state index in [2.05, 4.69) is 20.6 Å². The number of nitrogens with zero attached hydrogens (tertiary/aromatic N) is 4. The van der Waals surface area contributed by atoms with Crippen molar-refractivity contribution < 1.29 is 9.53 Å². The molecule has 8 heteroatoms. The zero-order chi connectivity index (χ0) is 20.9. The smallest absolute Gasteiger partial charge is 0.274 e. The Bertz CT molecular complexity index is 1140. The number of nitrogens with one attached hydrogen (secondary N) is 1. The Labute approximate surface area is 178 Å². The van der Waals surface area contributed by atoms with E-state index < -0.39 is 0 Å². The summed E-state index contributed by atoms with van der Waals surface area (Å²) in [5.74, 6) is 0.430. The second-order valence-electron chi connectivity index (χ2n) is 6.45. The molecule has 0 unspecified atom stereocenters. The Hall–Kier alpha value is -3.71. The highest BCUT2D eigenvalue weighted by molar-refractivity contribution is 6.30. The molecule has 7 nitrogen and oxygen atoms in total. The maximum Gasteiger partial charge on any atom is 0.274 e. The molecule has 1 amide bonds. The Kier molecular flexibility index (Phi) is 5.72. The molecule has 0 radical (unpaired) electrons. The first-order valence-electron chi connectivity index (χ1n) is 9.19.